The molecule has 0 unspecified atom stereocenters. The summed E-state index contributed by atoms with van der Waals surface area (Å²) in [6.45, 7) is 4.59. The Morgan fingerprint density at radius 3 is 2.86 bits per heavy atom. The van der Waals surface area contributed by atoms with Crippen LogP contribution in [0.4, 0.5) is 10.5 Å². The largest absolute Gasteiger partial charge is 0.337 e. The molecule has 0 bridgehead atoms. The van der Waals surface area contributed by atoms with Crippen molar-refractivity contribution in [1.82, 2.24) is 15.0 Å². The van der Waals surface area contributed by atoms with E-state index in [9.17, 15) is 4.79 Å². The van der Waals surface area contributed by atoms with Crippen molar-refractivity contribution in [3.63, 3.8) is 0 Å². The molecule has 0 aliphatic carbocycles. The molecule has 0 saturated carbocycles. The summed E-state index contributed by atoms with van der Waals surface area (Å²) in [5, 5.41) is 7.54. The van der Waals surface area contributed by atoms with E-state index in [1.54, 1.807) is 4.90 Å². The molecule has 2 aromatic carbocycles. The van der Waals surface area contributed by atoms with Crippen molar-refractivity contribution in [1.29, 1.82) is 0 Å². The third kappa shape index (κ3) is 3.60. The summed E-state index contributed by atoms with van der Waals surface area (Å²) in [6, 6.07) is 13.0. The van der Waals surface area contributed by atoms with Crippen molar-refractivity contribution in [2.24, 2.45) is 0 Å². The standard InChI is InChI=1S/C21H21ClN4O2/c1-13-9-10-17(16(22)12-13)23-21(27)26-11-5-8-18(26)20-24-19(25-28-20)15-7-4-3-6-14(15)2/h3-4,6-7,9-10,12,18H,5,8,11H2,1-2H3,(H,23,27)/t18-/m1/s1. The summed E-state index contributed by atoms with van der Waals surface area (Å²) in [6.07, 6.45) is 1.66. The predicted octanol–water partition coefficient (Wildman–Crippen LogP) is 5.38. The van der Waals surface area contributed by atoms with Crippen molar-refractivity contribution < 1.29 is 9.32 Å². The van der Waals surface area contributed by atoms with E-state index in [4.69, 9.17) is 16.1 Å². The average molecular weight is 397 g/mol. The first kappa shape index (κ1) is 18.5. The molecule has 0 radical (unpaired) electrons. The lowest BCUT2D eigenvalue weighted by molar-refractivity contribution is 0.193. The van der Waals surface area contributed by atoms with Gasteiger partial charge in [0, 0.05) is 12.1 Å². The maximum Gasteiger partial charge on any atom is 0.322 e. The minimum Gasteiger partial charge on any atom is -0.337 e. The van der Waals surface area contributed by atoms with Crippen LogP contribution in [0.1, 0.15) is 35.9 Å². The van der Waals surface area contributed by atoms with Crippen molar-refractivity contribution in [2.45, 2.75) is 32.7 Å². The molecule has 1 N–H and O–H groups in total. The molecule has 1 atom stereocenters. The first-order valence-corrected chi connectivity index (χ1v) is 9.64. The zero-order valence-electron chi connectivity index (χ0n) is 15.8. The highest BCUT2D eigenvalue weighted by Gasteiger charge is 2.34. The summed E-state index contributed by atoms with van der Waals surface area (Å²) in [7, 11) is 0. The molecule has 0 spiro atoms. The van der Waals surface area contributed by atoms with Gasteiger partial charge in [0.15, 0.2) is 0 Å². The number of nitrogens with one attached hydrogen (secondary N) is 1. The number of carbonyl (C=O) groups excluding carboxylic acids is 1. The first-order chi connectivity index (χ1) is 13.5. The molecule has 2 heterocycles. The molecule has 2 amide bonds. The van der Waals surface area contributed by atoms with Crippen LogP contribution in [0.3, 0.4) is 0 Å². The number of aromatic nitrogens is 2. The molecule has 1 aromatic heterocycles. The van der Waals surface area contributed by atoms with E-state index >= 15 is 0 Å². The zero-order valence-corrected chi connectivity index (χ0v) is 16.5. The van der Waals surface area contributed by atoms with Gasteiger partial charge in [0.1, 0.15) is 6.04 Å². The zero-order chi connectivity index (χ0) is 19.7. The van der Waals surface area contributed by atoms with E-state index in [0.29, 0.717) is 29.0 Å². The Morgan fingerprint density at radius 2 is 2.07 bits per heavy atom. The van der Waals surface area contributed by atoms with E-state index in [-0.39, 0.29) is 12.1 Å². The van der Waals surface area contributed by atoms with E-state index in [2.05, 4.69) is 15.5 Å². The van der Waals surface area contributed by atoms with Crippen LogP contribution in [0.15, 0.2) is 47.0 Å². The molecule has 4 rings (SSSR count). The second kappa shape index (κ2) is 7.64. The Kier molecular flexibility index (Phi) is 5.05. The van der Waals surface area contributed by atoms with Gasteiger partial charge in [-0.15, -0.1) is 0 Å². The summed E-state index contributed by atoms with van der Waals surface area (Å²) in [5.41, 5.74) is 3.63. The quantitative estimate of drug-likeness (QED) is 0.645. The van der Waals surface area contributed by atoms with Crippen molar-refractivity contribution >= 4 is 23.3 Å². The minimum absolute atomic E-state index is 0.219. The van der Waals surface area contributed by atoms with Crippen molar-refractivity contribution in [3.8, 4) is 11.4 Å². The van der Waals surface area contributed by atoms with Gasteiger partial charge in [-0.2, -0.15) is 4.98 Å². The molecule has 1 aliphatic rings. The van der Waals surface area contributed by atoms with Crippen LogP contribution in [0.2, 0.25) is 5.02 Å². The van der Waals surface area contributed by atoms with Crippen LogP contribution in [0.25, 0.3) is 11.4 Å². The number of hydrogen-bond donors (Lipinski definition) is 1. The van der Waals surface area contributed by atoms with E-state index in [1.165, 1.54) is 0 Å². The molecule has 6 nitrogen and oxygen atoms in total. The normalized spacial score (nSPS) is 16.4. The predicted molar refractivity (Wildman–Crippen MR) is 108 cm³/mol. The Hall–Kier alpha value is -2.86. The number of benzene rings is 2. The van der Waals surface area contributed by atoms with Crippen LogP contribution >= 0.6 is 11.6 Å². The molecule has 28 heavy (non-hydrogen) atoms. The number of rotatable bonds is 3. The Bertz CT molecular complexity index is 1020. The van der Waals surface area contributed by atoms with Gasteiger partial charge < -0.3 is 14.7 Å². The monoisotopic (exact) mass is 396 g/mol. The summed E-state index contributed by atoms with van der Waals surface area (Å²) < 4.78 is 5.52. The highest BCUT2D eigenvalue weighted by molar-refractivity contribution is 6.33. The Balaban J connectivity index is 1.54. The molecular formula is C21H21ClN4O2. The molecule has 1 aliphatic heterocycles. The smallest absolute Gasteiger partial charge is 0.322 e. The number of urea groups is 1. The fraction of sp³-hybridized carbons (Fsp3) is 0.286. The lowest BCUT2D eigenvalue weighted by Gasteiger charge is -2.22. The van der Waals surface area contributed by atoms with Crippen molar-refractivity contribution in [2.75, 3.05) is 11.9 Å². The molecule has 1 fully saturated rings. The van der Waals surface area contributed by atoms with Crippen LogP contribution < -0.4 is 5.32 Å². The first-order valence-electron chi connectivity index (χ1n) is 9.26. The molecule has 144 valence electrons. The van der Waals surface area contributed by atoms with Gasteiger partial charge >= 0.3 is 6.03 Å². The highest BCUT2D eigenvalue weighted by atomic mass is 35.5. The third-order valence-electron chi connectivity index (χ3n) is 4.99. The molecule has 1 saturated heterocycles. The maximum absolute atomic E-state index is 12.8. The molecular weight excluding hydrogens is 376 g/mol. The van der Waals surface area contributed by atoms with Gasteiger partial charge in [-0.1, -0.05) is 47.1 Å². The summed E-state index contributed by atoms with van der Waals surface area (Å²) >= 11 is 6.25. The Labute approximate surface area is 168 Å². The topological polar surface area (TPSA) is 71.3 Å². The fourth-order valence-electron chi connectivity index (χ4n) is 3.48. The van der Waals surface area contributed by atoms with Gasteiger partial charge in [-0.25, -0.2) is 4.79 Å². The third-order valence-corrected chi connectivity index (χ3v) is 5.31. The van der Waals surface area contributed by atoms with Crippen LogP contribution in [0, 0.1) is 13.8 Å². The lowest BCUT2D eigenvalue weighted by Crippen LogP contribution is -2.34. The Morgan fingerprint density at radius 1 is 1.25 bits per heavy atom. The second-order valence-corrected chi connectivity index (χ2v) is 7.44. The number of anilines is 1. The number of hydrogen-bond acceptors (Lipinski definition) is 4. The number of aryl methyl sites for hydroxylation is 2. The van der Waals surface area contributed by atoms with Gasteiger partial charge in [-0.3, -0.25) is 0 Å². The number of halogens is 1. The van der Waals surface area contributed by atoms with Gasteiger partial charge in [-0.05, 0) is 49.9 Å². The summed E-state index contributed by atoms with van der Waals surface area (Å²) in [4.78, 5) is 19.1. The van der Waals surface area contributed by atoms with E-state index < -0.39 is 0 Å². The minimum atomic E-state index is -0.241. The van der Waals surface area contributed by atoms with Gasteiger partial charge in [0.2, 0.25) is 11.7 Å². The fourth-order valence-corrected chi connectivity index (χ4v) is 3.76. The number of carbonyl (C=O) groups is 1. The van der Waals surface area contributed by atoms with E-state index in [1.807, 2.05) is 56.3 Å². The lowest BCUT2D eigenvalue weighted by atomic mass is 10.1. The second-order valence-electron chi connectivity index (χ2n) is 7.04. The summed E-state index contributed by atoms with van der Waals surface area (Å²) in [5.74, 6) is 1.00. The number of nitrogens with zero attached hydrogens (tertiary/aromatic N) is 3. The number of amides is 2. The van der Waals surface area contributed by atoms with Gasteiger partial charge in [0.25, 0.3) is 0 Å². The molecule has 7 heteroatoms. The molecule has 3 aromatic rings. The SMILES string of the molecule is Cc1ccc(NC(=O)N2CCC[C@@H]2c2nc(-c3ccccc3C)no2)c(Cl)c1. The van der Waals surface area contributed by atoms with Crippen LogP contribution in [-0.2, 0) is 0 Å². The average Bonchev–Trinajstić information content (AvgIpc) is 3.33. The number of likely N-dealkylation sites (tertiary alicyclic amines) is 1. The maximum atomic E-state index is 12.8. The van der Waals surface area contributed by atoms with E-state index in [0.717, 1.165) is 29.5 Å². The van der Waals surface area contributed by atoms with Crippen LogP contribution in [-0.4, -0.2) is 27.6 Å². The van der Waals surface area contributed by atoms with Gasteiger partial charge in [0.05, 0.1) is 10.7 Å². The van der Waals surface area contributed by atoms with Crippen LogP contribution in [0.5, 0.6) is 0 Å². The highest BCUT2D eigenvalue weighted by Crippen LogP contribution is 2.33. The van der Waals surface area contributed by atoms with Crippen molar-refractivity contribution in [3.05, 3.63) is 64.5 Å².